The molecule has 35 heavy (non-hydrogen) atoms. The Morgan fingerprint density at radius 3 is 2.69 bits per heavy atom. The van der Waals surface area contributed by atoms with E-state index >= 15 is 0 Å². The molecule has 0 atom stereocenters. The van der Waals surface area contributed by atoms with Gasteiger partial charge in [0, 0.05) is 12.3 Å². The molecule has 12 nitrogen and oxygen atoms in total. The van der Waals surface area contributed by atoms with Crippen molar-refractivity contribution in [3.05, 3.63) is 34.4 Å². The van der Waals surface area contributed by atoms with Crippen LogP contribution in [0.1, 0.15) is 38.2 Å². The smallest absolute Gasteiger partial charge is 0.328 e. The van der Waals surface area contributed by atoms with Crippen LogP contribution in [-0.2, 0) is 16.1 Å². The number of carbonyl (C=O) groups is 1. The number of hydrogen-bond acceptors (Lipinski definition) is 10. The second-order valence-electron chi connectivity index (χ2n) is 8.18. The quantitative estimate of drug-likeness (QED) is 0.253. The highest BCUT2D eigenvalue weighted by Crippen LogP contribution is 2.19. The number of nitrogens with one attached hydrogen (secondary N) is 1. The minimum atomic E-state index is -0.343. The summed E-state index contributed by atoms with van der Waals surface area (Å²) in [5.74, 6) is 0.413. The number of ether oxygens (including phenoxy) is 3. The van der Waals surface area contributed by atoms with Gasteiger partial charge in [0.15, 0.2) is 11.5 Å². The molecular weight excluding hydrogens is 454 g/mol. The number of esters is 1. The van der Waals surface area contributed by atoms with Crippen LogP contribution in [0.5, 0.6) is 11.9 Å². The lowest BCUT2D eigenvalue weighted by Gasteiger charge is -2.14. The molecule has 0 radical (unpaired) electrons. The normalized spacial score (nSPS) is 11.2. The SMILES string of the molecule is CCCCOc1nc(N)c2[nH]c(=O)n(Cc3ccc(OCCCCN(C)CC(=O)OC)nc3)c2n1. The van der Waals surface area contributed by atoms with Crippen molar-refractivity contribution in [2.45, 2.75) is 39.2 Å². The molecule has 0 aliphatic heterocycles. The van der Waals surface area contributed by atoms with E-state index in [9.17, 15) is 9.59 Å². The van der Waals surface area contributed by atoms with Crippen LogP contribution in [0.15, 0.2) is 23.1 Å². The first-order valence-corrected chi connectivity index (χ1v) is 11.6. The van der Waals surface area contributed by atoms with E-state index in [4.69, 9.17) is 15.2 Å². The third-order valence-corrected chi connectivity index (χ3v) is 5.31. The fourth-order valence-corrected chi connectivity index (χ4v) is 3.35. The first-order valence-electron chi connectivity index (χ1n) is 11.6. The molecule has 3 N–H and O–H groups in total. The van der Waals surface area contributed by atoms with Crippen molar-refractivity contribution >= 4 is 23.0 Å². The minimum absolute atomic E-state index is 0.148. The molecule has 0 fully saturated rings. The number of pyridine rings is 1. The summed E-state index contributed by atoms with van der Waals surface area (Å²) >= 11 is 0. The van der Waals surface area contributed by atoms with Gasteiger partial charge in [0.2, 0.25) is 5.88 Å². The van der Waals surface area contributed by atoms with Crippen molar-refractivity contribution in [1.82, 2.24) is 29.4 Å². The van der Waals surface area contributed by atoms with Crippen molar-refractivity contribution in [2.75, 3.05) is 46.2 Å². The van der Waals surface area contributed by atoms with Gasteiger partial charge in [0.25, 0.3) is 0 Å². The van der Waals surface area contributed by atoms with E-state index < -0.39 is 0 Å². The fraction of sp³-hybridized carbons (Fsp3) is 0.522. The Kier molecular flexibility index (Phi) is 9.41. The molecule has 3 aromatic rings. The Morgan fingerprint density at radius 2 is 1.97 bits per heavy atom. The van der Waals surface area contributed by atoms with Gasteiger partial charge in [0.05, 0.1) is 33.4 Å². The highest BCUT2D eigenvalue weighted by atomic mass is 16.5. The summed E-state index contributed by atoms with van der Waals surface area (Å²) in [4.78, 5) is 41.2. The lowest BCUT2D eigenvalue weighted by molar-refractivity contribution is -0.141. The first-order chi connectivity index (χ1) is 16.9. The summed E-state index contributed by atoms with van der Waals surface area (Å²) in [5.41, 5.74) is 7.22. The van der Waals surface area contributed by atoms with Crippen LogP contribution >= 0.6 is 0 Å². The van der Waals surface area contributed by atoms with Gasteiger partial charge in [0.1, 0.15) is 5.52 Å². The van der Waals surface area contributed by atoms with Crippen molar-refractivity contribution < 1.29 is 19.0 Å². The summed E-state index contributed by atoms with van der Waals surface area (Å²) in [7, 11) is 3.25. The molecule has 0 bridgehead atoms. The molecule has 0 spiro atoms. The average molecular weight is 488 g/mol. The number of unbranched alkanes of at least 4 members (excludes halogenated alkanes) is 2. The second-order valence-corrected chi connectivity index (χ2v) is 8.18. The van der Waals surface area contributed by atoms with Gasteiger partial charge in [-0.2, -0.15) is 9.97 Å². The lowest BCUT2D eigenvalue weighted by atomic mass is 10.3. The van der Waals surface area contributed by atoms with Crippen LogP contribution in [0.4, 0.5) is 5.82 Å². The van der Waals surface area contributed by atoms with E-state index in [1.807, 2.05) is 18.0 Å². The number of likely N-dealkylation sites (N-methyl/N-ethyl adjacent to an activating group) is 1. The first kappa shape index (κ1) is 25.9. The van der Waals surface area contributed by atoms with Gasteiger partial charge < -0.3 is 24.9 Å². The van der Waals surface area contributed by atoms with E-state index in [1.54, 1.807) is 12.3 Å². The van der Waals surface area contributed by atoms with Gasteiger partial charge in [-0.15, -0.1) is 0 Å². The summed E-state index contributed by atoms with van der Waals surface area (Å²) in [6.07, 6.45) is 5.21. The molecule has 0 unspecified atom stereocenters. The second kappa shape index (κ2) is 12.7. The van der Waals surface area contributed by atoms with Crippen molar-refractivity contribution in [3.63, 3.8) is 0 Å². The van der Waals surface area contributed by atoms with E-state index in [1.165, 1.54) is 11.7 Å². The zero-order valence-corrected chi connectivity index (χ0v) is 20.5. The molecule has 0 saturated heterocycles. The number of aromatic amines is 1. The molecule has 3 heterocycles. The van der Waals surface area contributed by atoms with Gasteiger partial charge in [-0.25, -0.2) is 9.78 Å². The predicted molar refractivity (Wildman–Crippen MR) is 131 cm³/mol. The van der Waals surface area contributed by atoms with Gasteiger partial charge >= 0.3 is 17.7 Å². The van der Waals surface area contributed by atoms with Crippen LogP contribution in [0.2, 0.25) is 0 Å². The Balaban J connectivity index is 1.55. The summed E-state index contributed by atoms with van der Waals surface area (Å²) in [5, 5.41) is 0. The van der Waals surface area contributed by atoms with Crippen LogP contribution in [0.25, 0.3) is 11.2 Å². The fourth-order valence-electron chi connectivity index (χ4n) is 3.35. The number of anilines is 1. The van der Waals surface area contributed by atoms with E-state index in [2.05, 4.69) is 31.6 Å². The Labute approximate surface area is 203 Å². The number of aromatic nitrogens is 5. The van der Waals surface area contributed by atoms with Crippen LogP contribution in [-0.4, -0.2) is 75.8 Å². The lowest BCUT2D eigenvalue weighted by Crippen LogP contribution is -2.27. The number of rotatable bonds is 14. The molecule has 3 rings (SSSR count). The average Bonchev–Trinajstić information content (AvgIpc) is 3.15. The minimum Gasteiger partial charge on any atom is -0.478 e. The van der Waals surface area contributed by atoms with Crippen LogP contribution < -0.4 is 20.9 Å². The Morgan fingerprint density at radius 1 is 1.17 bits per heavy atom. The maximum Gasteiger partial charge on any atom is 0.328 e. The summed E-state index contributed by atoms with van der Waals surface area (Å²) in [6.45, 7) is 4.34. The highest BCUT2D eigenvalue weighted by molar-refractivity contribution is 5.81. The number of methoxy groups -OCH3 is 1. The zero-order chi connectivity index (χ0) is 25.2. The summed E-state index contributed by atoms with van der Waals surface area (Å²) < 4.78 is 17.4. The van der Waals surface area contributed by atoms with Crippen LogP contribution in [0, 0.1) is 0 Å². The molecule has 0 saturated carbocycles. The Bertz CT molecular complexity index is 1160. The Hall–Kier alpha value is -3.67. The van der Waals surface area contributed by atoms with Crippen LogP contribution in [0.3, 0.4) is 0 Å². The van der Waals surface area contributed by atoms with Gasteiger partial charge in [-0.1, -0.05) is 19.4 Å². The topological polar surface area (TPSA) is 150 Å². The molecule has 0 aliphatic carbocycles. The number of imidazole rings is 1. The van der Waals surface area contributed by atoms with Gasteiger partial charge in [-0.3, -0.25) is 14.3 Å². The molecule has 0 aliphatic rings. The number of nitrogens with two attached hydrogens (primary N) is 1. The number of hydrogen-bond donors (Lipinski definition) is 2. The molecular formula is C23H33N7O5. The van der Waals surface area contributed by atoms with Gasteiger partial charge in [-0.05, 0) is 38.4 Å². The summed E-state index contributed by atoms with van der Waals surface area (Å²) in [6, 6.07) is 3.76. The van der Waals surface area contributed by atoms with Crippen molar-refractivity contribution in [1.29, 1.82) is 0 Å². The van der Waals surface area contributed by atoms with E-state index in [0.29, 0.717) is 30.3 Å². The molecule has 12 heteroatoms. The number of nitrogens with zero attached hydrogens (tertiary/aromatic N) is 5. The molecule has 190 valence electrons. The number of nitrogen functional groups attached to an aromatic ring is 1. The predicted octanol–water partition coefficient (Wildman–Crippen LogP) is 1.59. The highest BCUT2D eigenvalue weighted by Gasteiger charge is 2.15. The maximum atomic E-state index is 12.5. The zero-order valence-electron chi connectivity index (χ0n) is 20.5. The third kappa shape index (κ3) is 7.41. The molecule has 3 aromatic heterocycles. The maximum absolute atomic E-state index is 12.5. The van der Waals surface area contributed by atoms with E-state index in [-0.39, 0.29) is 36.6 Å². The number of carbonyl (C=O) groups excluding carboxylic acids is 1. The third-order valence-electron chi connectivity index (χ3n) is 5.31. The molecule has 0 amide bonds. The number of H-pyrrole nitrogens is 1. The number of fused-ring (bicyclic) bond motifs is 1. The standard InChI is InChI=1S/C23H33N7O5/c1-4-5-11-35-22-27-20(24)19-21(28-22)30(23(32)26-19)14-16-8-9-17(25-13-16)34-12-7-6-10-29(2)15-18(31)33-3/h8-9,13H,4-7,10-12,14-15H2,1-3H3,(H,26,32)(H2,24,27,28). The van der Waals surface area contributed by atoms with Crippen molar-refractivity contribution in [3.8, 4) is 11.9 Å². The van der Waals surface area contributed by atoms with Crippen molar-refractivity contribution in [2.24, 2.45) is 0 Å². The largest absolute Gasteiger partial charge is 0.478 e. The van der Waals surface area contributed by atoms with E-state index in [0.717, 1.165) is 37.8 Å². The molecule has 0 aromatic carbocycles. The monoisotopic (exact) mass is 487 g/mol.